The molecule has 0 N–H and O–H groups in total. The van der Waals surface area contributed by atoms with Crippen molar-refractivity contribution in [1.29, 1.82) is 0 Å². The summed E-state index contributed by atoms with van der Waals surface area (Å²) in [7, 11) is -3.03. The van der Waals surface area contributed by atoms with Crippen LogP contribution in [0.1, 0.15) is 23.2 Å². The number of fused-ring (bicyclic) bond motifs is 1. The maximum atomic E-state index is 14.5. The first-order valence-electron chi connectivity index (χ1n) is 10.2. The van der Waals surface area contributed by atoms with Gasteiger partial charge in [0.25, 0.3) is 0 Å². The quantitative estimate of drug-likeness (QED) is 0.435. The van der Waals surface area contributed by atoms with Gasteiger partial charge in [0, 0.05) is 16.3 Å². The standard InChI is InChI=1S/C27H22NOP/c29-30(24-12-6-2-7-13-24,25-14-8-3-9-15-25)27-19-17-23-20-22(16-18-26(23)28-27)21-10-4-1-5-11-21/h1-15,17,19-20H,16,18H2. The van der Waals surface area contributed by atoms with E-state index in [1.165, 1.54) is 11.1 Å². The Kier molecular flexibility index (Phi) is 4.94. The average Bonchev–Trinajstić information content (AvgIpc) is 2.84. The summed E-state index contributed by atoms with van der Waals surface area (Å²) in [6.07, 6.45) is 4.02. The lowest BCUT2D eigenvalue weighted by atomic mass is 9.92. The molecule has 0 saturated carbocycles. The highest BCUT2D eigenvalue weighted by Crippen LogP contribution is 2.42. The van der Waals surface area contributed by atoms with Crippen molar-refractivity contribution in [1.82, 2.24) is 4.98 Å². The van der Waals surface area contributed by atoms with Crippen molar-refractivity contribution >= 4 is 34.8 Å². The summed E-state index contributed by atoms with van der Waals surface area (Å²) in [5.74, 6) is 0. The van der Waals surface area contributed by atoms with Gasteiger partial charge in [0.15, 0.2) is 7.14 Å². The second kappa shape index (κ2) is 7.89. The van der Waals surface area contributed by atoms with E-state index in [0.717, 1.165) is 34.7 Å². The smallest absolute Gasteiger partial charge is 0.188 e. The largest absolute Gasteiger partial charge is 0.307 e. The number of aryl methyl sites for hydroxylation is 1. The number of pyridine rings is 1. The topological polar surface area (TPSA) is 30.0 Å². The maximum Gasteiger partial charge on any atom is 0.188 e. The van der Waals surface area contributed by atoms with Crippen molar-refractivity contribution in [2.24, 2.45) is 0 Å². The minimum atomic E-state index is -3.03. The second-order valence-electron chi connectivity index (χ2n) is 7.52. The fourth-order valence-electron chi connectivity index (χ4n) is 4.09. The highest BCUT2D eigenvalue weighted by atomic mass is 31.2. The predicted molar refractivity (Wildman–Crippen MR) is 126 cm³/mol. The van der Waals surface area contributed by atoms with Crippen LogP contribution in [-0.4, -0.2) is 4.98 Å². The number of hydrogen-bond acceptors (Lipinski definition) is 2. The summed E-state index contributed by atoms with van der Waals surface area (Å²) < 4.78 is 14.5. The Morgan fingerprint density at radius 1 is 0.633 bits per heavy atom. The van der Waals surface area contributed by atoms with Crippen molar-refractivity contribution in [2.45, 2.75) is 12.8 Å². The molecule has 5 rings (SSSR count). The molecule has 3 aromatic carbocycles. The van der Waals surface area contributed by atoms with Gasteiger partial charge in [0.2, 0.25) is 0 Å². The van der Waals surface area contributed by atoms with E-state index in [0.29, 0.717) is 5.44 Å². The molecule has 30 heavy (non-hydrogen) atoms. The molecule has 1 aromatic heterocycles. The van der Waals surface area contributed by atoms with E-state index in [2.05, 4.69) is 36.4 Å². The SMILES string of the molecule is O=P(c1ccccc1)(c1ccccc1)c1ccc2c(n1)CCC(c1ccccc1)=C2. The van der Waals surface area contributed by atoms with Crippen LogP contribution in [0.2, 0.25) is 0 Å². The number of rotatable bonds is 4. The van der Waals surface area contributed by atoms with Crippen molar-refractivity contribution in [3.63, 3.8) is 0 Å². The second-order valence-corrected chi connectivity index (χ2v) is 10.2. The van der Waals surface area contributed by atoms with Crippen LogP contribution in [0.5, 0.6) is 0 Å². The summed E-state index contributed by atoms with van der Waals surface area (Å²) in [5.41, 5.74) is 5.39. The zero-order valence-electron chi connectivity index (χ0n) is 16.6. The van der Waals surface area contributed by atoms with Crippen LogP contribution < -0.4 is 16.0 Å². The zero-order valence-corrected chi connectivity index (χ0v) is 17.5. The van der Waals surface area contributed by atoms with E-state index in [1.54, 1.807) is 0 Å². The van der Waals surface area contributed by atoms with Gasteiger partial charge < -0.3 is 4.57 Å². The first-order valence-corrected chi connectivity index (χ1v) is 11.9. The zero-order chi connectivity index (χ0) is 20.4. The lowest BCUT2D eigenvalue weighted by Crippen LogP contribution is -2.28. The number of hydrogen-bond donors (Lipinski definition) is 0. The molecular formula is C27H22NOP. The van der Waals surface area contributed by atoms with Crippen LogP contribution in [0.15, 0.2) is 103 Å². The van der Waals surface area contributed by atoms with Gasteiger partial charge in [0.05, 0.1) is 0 Å². The Bertz CT molecular complexity index is 1200. The first kappa shape index (κ1) is 18.8. The molecule has 3 heteroatoms. The summed E-state index contributed by atoms with van der Waals surface area (Å²) in [5, 5.41) is 1.64. The average molecular weight is 407 g/mol. The van der Waals surface area contributed by atoms with Gasteiger partial charge >= 0.3 is 0 Å². The van der Waals surface area contributed by atoms with Gasteiger partial charge in [-0.1, -0.05) is 97.1 Å². The van der Waals surface area contributed by atoms with Crippen molar-refractivity contribution < 1.29 is 4.57 Å². The van der Waals surface area contributed by atoms with Gasteiger partial charge in [-0.25, -0.2) is 4.98 Å². The Morgan fingerprint density at radius 3 is 1.80 bits per heavy atom. The molecule has 0 bridgehead atoms. The molecule has 1 aliphatic rings. The molecule has 0 radical (unpaired) electrons. The van der Waals surface area contributed by atoms with E-state index in [4.69, 9.17) is 4.98 Å². The molecule has 0 atom stereocenters. The van der Waals surface area contributed by atoms with Crippen LogP contribution >= 0.6 is 7.14 Å². The number of allylic oxidation sites excluding steroid dienone is 1. The third-order valence-corrected chi connectivity index (χ3v) is 8.61. The molecule has 1 heterocycles. The molecule has 146 valence electrons. The van der Waals surface area contributed by atoms with Gasteiger partial charge in [-0.2, -0.15) is 0 Å². The first-order chi connectivity index (χ1) is 14.7. The molecule has 0 amide bonds. The maximum absolute atomic E-state index is 14.5. The van der Waals surface area contributed by atoms with Crippen molar-refractivity contribution in [3.8, 4) is 0 Å². The van der Waals surface area contributed by atoms with Crippen LogP contribution in [0, 0.1) is 0 Å². The fraction of sp³-hybridized carbons (Fsp3) is 0.0741. The highest BCUT2D eigenvalue weighted by Gasteiger charge is 2.31. The van der Waals surface area contributed by atoms with E-state index < -0.39 is 7.14 Å². The normalized spacial score (nSPS) is 13.4. The van der Waals surface area contributed by atoms with Crippen LogP contribution in [-0.2, 0) is 11.0 Å². The summed E-state index contributed by atoms with van der Waals surface area (Å²) in [4.78, 5) is 4.96. The predicted octanol–water partition coefficient (Wildman–Crippen LogP) is 5.21. The van der Waals surface area contributed by atoms with E-state index >= 15 is 0 Å². The molecular weight excluding hydrogens is 385 g/mol. The van der Waals surface area contributed by atoms with E-state index in [9.17, 15) is 4.57 Å². The molecule has 0 saturated heterocycles. The Balaban J connectivity index is 1.62. The number of nitrogens with zero attached hydrogens (tertiary/aromatic N) is 1. The van der Waals surface area contributed by atoms with Gasteiger partial charge in [-0.3, -0.25) is 0 Å². The summed E-state index contributed by atoms with van der Waals surface area (Å²) in [6.45, 7) is 0. The minimum absolute atomic E-state index is 0.662. The molecule has 1 aliphatic carbocycles. The molecule has 0 fully saturated rings. The Labute approximate surface area is 177 Å². The third kappa shape index (κ3) is 3.34. The number of aromatic nitrogens is 1. The molecule has 0 aliphatic heterocycles. The van der Waals surface area contributed by atoms with Gasteiger partial charge in [0.1, 0.15) is 5.44 Å². The van der Waals surface area contributed by atoms with Gasteiger partial charge in [-0.15, -0.1) is 0 Å². The minimum Gasteiger partial charge on any atom is -0.307 e. The van der Waals surface area contributed by atoms with Crippen molar-refractivity contribution in [2.75, 3.05) is 0 Å². The van der Waals surface area contributed by atoms with Crippen LogP contribution in [0.25, 0.3) is 11.6 Å². The van der Waals surface area contributed by atoms with E-state index in [1.807, 2.05) is 72.8 Å². The molecule has 0 spiro atoms. The monoisotopic (exact) mass is 407 g/mol. The van der Waals surface area contributed by atoms with Gasteiger partial charge in [-0.05, 0) is 41.7 Å². The lowest BCUT2D eigenvalue weighted by molar-refractivity contribution is 0.592. The lowest BCUT2D eigenvalue weighted by Gasteiger charge is -2.22. The van der Waals surface area contributed by atoms with Crippen molar-refractivity contribution in [3.05, 3.63) is 120 Å². The Hall–Kier alpha value is -3.22. The molecule has 2 nitrogen and oxygen atoms in total. The number of benzene rings is 3. The van der Waals surface area contributed by atoms with E-state index in [-0.39, 0.29) is 0 Å². The highest BCUT2D eigenvalue weighted by molar-refractivity contribution is 7.85. The van der Waals surface area contributed by atoms with Crippen LogP contribution in [0.3, 0.4) is 0 Å². The van der Waals surface area contributed by atoms with Crippen LogP contribution in [0.4, 0.5) is 0 Å². The Morgan fingerprint density at radius 2 is 1.20 bits per heavy atom. The third-order valence-electron chi connectivity index (χ3n) is 5.66. The molecule has 4 aromatic rings. The molecule has 0 unspecified atom stereocenters. The fourth-order valence-corrected chi connectivity index (χ4v) is 6.65. The summed E-state index contributed by atoms with van der Waals surface area (Å²) in [6, 6.07) is 34.0. The summed E-state index contributed by atoms with van der Waals surface area (Å²) >= 11 is 0.